The van der Waals surface area contributed by atoms with Gasteiger partial charge >= 0.3 is 5.97 Å². The normalized spacial score (nSPS) is 22.4. The molecule has 156 valence electrons. The Morgan fingerprint density at radius 3 is 2.43 bits per heavy atom. The van der Waals surface area contributed by atoms with Crippen LogP contribution in [-0.4, -0.2) is 49.3 Å². The van der Waals surface area contributed by atoms with Crippen LogP contribution in [0.5, 0.6) is 0 Å². The van der Waals surface area contributed by atoms with Crippen LogP contribution in [0, 0.1) is 11.8 Å². The van der Waals surface area contributed by atoms with E-state index in [0.717, 1.165) is 24.7 Å². The molecule has 0 bridgehead atoms. The zero-order valence-electron chi connectivity index (χ0n) is 17.9. The van der Waals surface area contributed by atoms with Crippen molar-refractivity contribution in [3.05, 3.63) is 35.4 Å². The molecule has 2 fully saturated rings. The number of likely N-dealkylation sites (tertiary alicyclic amines) is 1. The Balaban J connectivity index is 1.32. The third-order valence-corrected chi connectivity index (χ3v) is 5.92. The van der Waals surface area contributed by atoms with Crippen LogP contribution in [0.3, 0.4) is 0 Å². The molecule has 1 aliphatic heterocycles. The monoisotopic (exact) mass is 387 g/mol. The van der Waals surface area contributed by atoms with E-state index in [-0.39, 0.29) is 5.97 Å². The fraction of sp³-hybridized carbons (Fsp3) is 0.708. The van der Waals surface area contributed by atoms with E-state index in [1.165, 1.54) is 50.0 Å². The first-order valence-electron chi connectivity index (χ1n) is 11.0. The van der Waals surface area contributed by atoms with E-state index in [2.05, 4.69) is 29.2 Å². The summed E-state index contributed by atoms with van der Waals surface area (Å²) in [6.07, 6.45) is 6.68. The average molecular weight is 388 g/mol. The highest BCUT2D eigenvalue weighted by atomic mass is 16.6. The van der Waals surface area contributed by atoms with Gasteiger partial charge in [0.25, 0.3) is 0 Å². The second kappa shape index (κ2) is 9.89. The van der Waals surface area contributed by atoms with Crippen LogP contribution < -0.4 is 0 Å². The van der Waals surface area contributed by atoms with E-state index in [9.17, 15) is 4.79 Å². The summed E-state index contributed by atoms with van der Waals surface area (Å²) >= 11 is 0. The molecule has 0 radical (unpaired) electrons. The van der Waals surface area contributed by atoms with Crippen LogP contribution in [0.15, 0.2) is 24.3 Å². The van der Waals surface area contributed by atoms with E-state index in [1.807, 2.05) is 20.8 Å². The highest BCUT2D eigenvalue weighted by Gasteiger charge is 2.35. The van der Waals surface area contributed by atoms with Crippen molar-refractivity contribution in [1.82, 2.24) is 4.90 Å². The Bertz CT molecular complexity index is 625. The summed E-state index contributed by atoms with van der Waals surface area (Å²) in [6, 6.07) is 8.88. The van der Waals surface area contributed by atoms with Gasteiger partial charge < -0.3 is 14.4 Å². The number of ether oxygens (including phenoxy) is 2. The predicted molar refractivity (Wildman–Crippen MR) is 112 cm³/mol. The first-order valence-corrected chi connectivity index (χ1v) is 11.0. The fourth-order valence-corrected chi connectivity index (χ4v) is 4.58. The molecule has 0 N–H and O–H groups in total. The van der Waals surface area contributed by atoms with Gasteiger partial charge in [0.2, 0.25) is 0 Å². The molecule has 2 atom stereocenters. The number of hydrogen-bond acceptors (Lipinski definition) is 4. The minimum atomic E-state index is -0.425. The molecule has 0 unspecified atom stereocenters. The molecular weight excluding hydrogens is 350 g/mol. The largest absolute Gasteiger partial charge is 0.460 e. The van der Waals surface area contributed by atoms with Crippen LogP contribution in [0.1, 0.15) is 57.6 Å². The third-order valence-electron chi connectivity index (χ3n) is 5.92. The molecule has 0 amide bonds. The van der Waals surface area contributed by atoms with Crippen molar-refractivity contribution in [2.45, 2.75) is 64.9 Å². The topological polar surface area (TPSA) is 38.8 Å². The fourth-order valence-electron chi connectivity index (χ4n) is 4.58. The van der Waals surface area contributed by atoms with Gasteiger partial charge in [-0.1, -0.05) is 30.7 Å². The summed E-state index contributed by atoms with van der Waals surface area (Å²) < 4.78 is 10.9. The number of nitrogens with zero attached hydrogens (tertiary/aromatic N) is 1. The predicted octanol–water partition coefficient (Wildman–Crippen LogP) is 4.25. The molecule has 4 nitrogen and oxygen atoms in total. The lowest BCUT2D eigenvalue weighted by molar-refractivity contribution is -0.156. The van der Waals surface area contributed by atoms with Crippen molar-refractivity contribution in [1.29, 1.82) is 0 Å². The van der Waals surface area contributed by atoms with Crippen molar-refractivity contribution in [2.75, 3.05) is 32.8 Å². The van der Waals surface area contributed by atoms with Crippen LogP contribution in [0.2, 0.25) is 0 Å². The number of hydrogen-bond donors (Lipinski definition) is 0. The zero-order chi connectivity index (χ0) is 20.0. The molecule has 1 aromatic rings. The van der Waals surface area contributed by atoms with Crippen LogP contribution in [0.4, 0.5) is 0 Å². The van der Waals surface area contributed by atoms with Gasteiger partial charge in [-0.3, -0.25) is 4.79 Å². The minimum Gasteiger partial charge on any atom is -0.460 e. The molecular formula is C24H37NO3. The van der Waals surface area contributed by atoms with Crippen molar-refractivity contribution >= 4 is 5.97 Å². The first-order chi connectivity index (χ1) is 13.4. The maximum Gasteiger partial charge on any atom is 0.308 e. The lowest BCUT2D eigenvalue weighted by atomic mass is 10.0. The third kappa shape index (κ3) is 6.89. The second-order valence-electron chi connectivity index (χ2n) is 9.48. The molecule has 1 aromatic carbocycles. The van der Waals surface area contributed by atoms with Gasteiger partial charge in [-0.05, 0) is 69.4 Å². The molecule has 28 heavy (non-hydrogen) atoms. The van der Waals surface area contributed by atoms with Gasteiger partial charge in [0.05, 0.1) is 19.6 Å². The van der Waals surface area contributed by atoms with E-state index in [1.54, 1.807) is 0 Å². The van der Waals surface area contributed by atoms with Gasteiger partial charge in [-0.2, -0.15) is 0 Å². The number of carbonyl (C=O) groups excluding carboxylic acids is 1. The van der Waals surface area contributed by atoms with Crippen LogP contribution in [-0.2, 0) is 27.1 Å². The Kier molecular flexibility index (Phi) is 7.53. The van der Waals surface area contributed by atoms with E-state index >= 15 is 0 Å². The SMILES string of the molecule is CC(C)(C)OC(=O)CCOCCc1cccc(CCN2C[C@H]3CCC[C@H]3C2)c1. The molecule has 4 heteroatoms. The molecule has 3 rings (SSSR count). The van der Waals surface area contributed by atoms with Crippen molar-refractivity contribution in [3.8, 4) is 0 Å². The molecule has 1 saturated heterocycles. The molecule has 2 aliphatic rings. The van der Waals surface area contributed by atoms with Gasteiger partial charge in [0.15, 0.2) is 0 Å². The Morgan fingerprint density at radius 1 is 1.07 bits per heavy atom. The van der Waals surface area contributed by atoms with Gasteiger partial charge in [0, 0.05) is 19.6 Å². The summed E-state index contributed by atoms with van der Waals surface area (Å²) in [5.41, 5.74) is 2.31. The summed E-state index contributed by atoms with van der Waals surface area (Å²) in [6.45, 7) is 10.5. The number of fused-ring (bicyclic) bond motifs is 1. The van der Waals surface area contributed by atoms with E-state index in [0.29, 0.717) is 19.6 Å². The summed E-state index contributed by atoms with van der Waals surface area (Å²) in [4.78, 5) is 14.3. The lowest BCUT2D eigenvalue weighted by Crippen LogP contribution is -2.24. The highest BCUT2D eigenvalue weighted by Crippen LogP contribution is 2.37. The maximum atomic E-state index is 11.7. The average Bonchev–Trinajstić information content (AvgIpc) is 3.20. The van der Waals surface area contributed by atoms with Gasteiger partial charge in [0.1, 0.15) is 5.60 Å². The summed E-state index contributed by atoms with van der Waals surface area (Å²) in [5.74, 6) is 1.76. The molecule has 0 spiro atoms. The van der Waals surface area contributed by atoms with Gasteiger partial charge in [-0.25, -0.2) is 0 Å². The zero-order valence-corrected chi connectivity index (χ0v) is 17.9. The number of esters is 1. The lowest BCUT2D eigenvalue weighted by Gasteiger charge is -2.19. The van der Waals surface area contributed by atoms with E-state index < -0.39 is 5.60 Å². The van der Waals surface area contributed by atoms with Crippen LogP contribution in [0.25, 0.3) is 0 Å². The maximum absolute atomic E-state index is 11.7. The van der Waals surface area contributed by atoms with Crippen molar-refractivity contribution in [2.24, 2.45) is 11.8 Å². The smallest absolute Gasteiger partial charge is 0.308 e. The Labute approximate surface area is 170 Å². The summed E-state index contributed by atoms with van der Waals surface area (Å²) in [5, 5.41) is 0. The molecule has 1 saturated carbocycles. The van der Waals surface area contributed by atoms with E-state index in [4.69, 9.17) is 9.47 Å². The molecule has 1 aliphatic carbocycles. The summed E-state index contributed by atoms with van der Waals surface area (Å²) in [7, 11) is 0. The molecule has 0 aromatic heterocycles. The first kappa shape index (κ1) is 21.3. The Hall–Kier alpha value is -1.39. The second-order valence-corrected chi connectivity index (χ2v) is 9.48. The highest BCUT2D eigenvalue weighted by molar-refractivity contribution is 5.69. The minimum absolute atomic E-state index is 0.194. The standard InChI is InChI=1S/C24H37NO3/c1-24(2,3)28-23(26)12-15-27-14-11-20-7-4-6-19(16-20)10-13-25-17-21-8-5-9-22(21)18-25/h4,6-7,16,21-22H,5,8-15,17-18H2,1-3H3/t21-,22+. The van der Waals surface area contributed by atoms with Crippen molar-refractivity contribution < 1.29 is 14.3 Å². The molecule has 1 heterocycles. The van der Waals surface area contributed by atoms with Crippen LogP contribution >= 0.6 is 0 Å². The Morgan fingerprint density at radius 2 is 1.75 bits per heavy atom. The number of carbonyl (C=O) groups is 1. The van der Waals surface area contributed by atoms with Gasteiger partial charge in [-0.15, -0.1) is 0 Å². The number of benzene rings is 1. The number of rotatable bonds is 9. The van der Waals surface area contributed by atoms with Crippen molar-refractivity contribution in [3.63, 3.8) is 0 Å². The quantitative estimate of drug-likeness (QED) is 0.469.